The van der Waals surface area contributed by atoms with Gasteiger partial charge in [0.25, 0.3) is 0 Å². The van der Waals surface area contributed by atoms with E-state index < -0.39 is 0 Å². The third-order valence-electron chi connectivity index (χ3n) is 2.84. The molecule has 0 fully saturated rings. The van der Waals surface area contributed by atoms with Crippen LogP contribution in [0.4, 0.5) is 4.39 Å². The fraction of sp³-hybridized carbons (Fsp3) is 0.462. The van der Waals surface area contributed by atoms with Gasteiger partial charge >= 0.3 is 0 Å². The van der Waals surface area contributed by atoms with E-state index in [1.54, 1.807) is 12.1 Å². The van der Waals surface area contributed by atoms with Crippen molar-refractivity contribution in [2.75, 3.05) is 6.54 Å². The van der Waals surface area contributed by atoms with Crippen molar-refractivity contribution in [3.63, 3.8) is 0 Å². The van der Waals surface area contributed by atoms with Gasteiger partial charge in [-0.2, -0.15) is 0 Å². The molecule has 0 bridgehead atoms. The van der Waals surface area contributed by atoms with Crippen molar-refractivity contribution >= 4 is 17.2 Å². The Kier molecular flexibility index (Phi) is 5.02. The Labute approximate surface area is 108 Å². The molecule has 0 amide bonds. The van der Waals surface area contributed by atoms with Crippen LogP contribution in [0, 0.1) is 5.82 Å². The summed E-state index contributed by atoms with van der Waals surface area (Å²) in [7, 11) is 0. The van der Waals surface area contributed by atoms with Crippen molar-refractivity contribution in [2.24, 2.45) is 5.73 Å². The van der Waals surface area contributed by atoms with Crippen molar-refractivity contribution in [3.05, 3.63) is 35.1 Å². The predicted octanol–water partition coefficient (Wildman–Crippen LogP) is 2.69. The lowest BCUT2D eigenvalue weighted by molar-refractivity contribution is 0.222. The summed E-state index contributed by atoms with van der Waals surface area (Å²) in [4.78, 5) is 2.49. The lowest BCUT2D eigenvalue weighted by atomic mass is 10.1. The molecule has 0 aromatic heterocycles. The lowest BCUT2D eigenvalue weighted by Gasteiger charge is -2.25. The van der Waals surface area contributed by atoms with Gasteiger partial charge in [-0.3, -0.25) is 4.90 Å². The first-order valence-electron chi connectivity index (χ1n) is 5.78. The SMILES string of the molecule is CCN(Cc1cc(C(N)=S)ccc1F)C(C)C. The molecule has 2 N–H and O–H groups in total. The third-order valence-corrected chi connectivity index (χ3v) is 3.08. The van der Waals surface area contributed by atoms with Crippen LogP contribution in [0.1, 0.15) is 31.9 Å². The van der Waals surface area contributed by atoms with Crippen LogP contribution in [-0.4, -0.2) is 22.5 Å². The van der Waals surface area contributed by atoms with Gasteiger partial charge in [0.1, 0.15) is 10.8 Å². The second-order valence-corrected chi connectivity index (χ2v) is 4.77. The van der Waals surface area contributed by atoms with Crippen molar-refractivity contribution in [1.29, 1.82) is 0 Å². The molecule has 0 aliphatic rings. The molecule has 0 unspecified atom stereocenters. The Hall–Kier alpha value is -1.00. The molecule has 1 aromatic carbocycles. The number of nitrogens with zero attached hydrogens (tertiary/aromatic N) is 1. The van der Waals surface area contributed by atoms with E-state index in [-0.39, 0.29) is 5.82 Å². The maximum absolute atomic E-state index is 13.7. The van der Waals surface area contributed by atoms with Gasteiger partial charge in [0, 0.05) is 23.7 Å². The van der Waals surface area contributed by atoms with Crippen molar-refractivity contribution in [1.82, 2.24) is 4.90 Å². The molecule has 4 heteroatoms. The van der Waals surface area contributed by atoms with E-state index in [0.717, 1.165) is 12.1 Å². The maximum atomic E-state index is 13.7. The Bertz CT molecular complexity index is 404. The quantitative estimate of drug-likeness (QED) is 0.819. The monoisotopic (exact) mass is 254 g/mol. The van der Waals surface area contributed by atoms with Gasteiger partial charge in [0.15, 0.2) is 0 Å². The zero-order valence-corrected chi connectivity index (χ0v) is 11.4. The zero-order valence-electron chi connectivity index (χ0n) is 10.5. The molecule has 1 aromatic rings. The van der Waals surface area contributed by atoms with E-state index in [4.69, 9.17) is 18.0 Å². The Morgan fingerprint density at radius 3 is 2.59 bits per heavy atom. The standard InChI is InChI=1S/C13H19FN2S/c1-4-16(9(2)3)8-11-7-10(13(15)17)5-6-12(11)14/h5-7,9H,4,8H2,1-3H3,(H2,15,17). The highest BCUT2D eigenvalue weighted by Crippen LogP contribution is 2.14. The van der Waals surface area contributed by atoms with E-state index in [9.17, 15) is 4.39 Å². The maximum Gasteiger partial charge on any atom is 0.127 e. The fourth-order valence-corrected chi connectivity index (χ4v) is 1.85. The van der Waals surface area contributed by atoms with Crippen molar-refractivity contribution < 1.29 is 4.39 Å². The Morgan fingerprint density at radius 2 is 2.12 bits per heavy atom. The van der Waals surface area contributed by atoms with E-state index in [2.05, 4.69) is 25.7 Å². The summed E-state index contributed by atoms with van der Waals surface area (Å²) in [5, 5.41) is 0. The molecule has 0 atom stereocenters. The molecule has 2 nitrogen and oxygen atoms in total. The van der Waals surface area contributed by atoms with E-state index >= 15 is 0 Å². The predicted molar refractivity (Wildman–Crippen MR) is 73.5 cm³/mol. The molecular weight excluding hydrogens is 235 g/mol. The van der Waals surface area contributed by atoms with Crippen LogP contribution in [0.15, 0.2) is 18.2 Å². The van der Waals surface area contributed by atoms with Gasteiger partial charge < -0.3 is 5.73 Å². The second kappa shape index (κ2) is 6.07. The minimum Gasteiger partial charge on any atom is -0.389 e. The van der Waals surface area contributed by atoms with Crippen LogP contribution in [0.25, 0.3) is 0 Å². The molecule has 0 aliphatic carbocycles. The van der Waals surface area contributed by atoms with E-state index in [1.165, 1.54) is 6.07 Å². The Morgan fingerprint density at radius 1 is 1.47 bits per heavy atom. The fourth-order valence-electron chi connectivity index (χ4n) is 1.73. The molecular formula is C13H19FN2S. The molecule has 94 valence electrons. The molecule has 0 saturated heterocycles. The zero-order chi connectivity index (χ0) is 13.0. The van der Waals surface area contributed by atoms with Gasteiger partial charge in [-0.1, -0.05) is 19.1 Å². The van der Waals surface area contributed by atoms with Crippen LogP contribution in [0.3, 0.4) is 0 Å². The topological polar surface area (TPSA) is 29.3 Å². The highest BCUT2D eigenvalue weighted by molar-refractivity contribution is 7.80. The first-order chi connectivity index (χ1) is 7.95. The van der Waals surface area contributed by atoms with Gasteiger partial charge in [-0.05, 0) is 38.6 Å². The van der Waals surface area contributed by atoms with Crippen molar-refractivity contribution in [3.8, 4) is 0 Å². The summed E-state index contributed by atoms with van der Waals surface area (Å²) in [6, 6.07) is 5.17. The summed E-state index contributed by atoms with van der Waals surface area (Å²) >= 11 is 4.90. The van der Waals surface area contributed by atoms with Crippen LogP contribution in [0.5, 0.6) is 0 Å². The van der Waals surface area contributed by atoms with Gasteiger partial charge in [0.05, 0.1) is 0 Å². The first-order valence-corrected chi connectivity index (χ1v) is 6.18. The molecule has 0 saturated carbocycles. The summed E-state index contributed by atoms with van der Waals surface area (Å²) < 4.78 is 13.7. The van der Waals surface area contributed by atoms with Crippen LogP contribution >= 0.6 is 12.2 Å². The normalized spacial score (nSPS) is 11.2. The first kappa shape index (κ1) is 14.1. The van der Waals surface area contributed by atoms with Crippen LogP contribution < -0.4 is 5.73 Å². The minimum absolute atomic E-state index is 0.205. The third kappa shape index (κ3) is 3.75. The molecule has 0 aliphatic heterocycles. The number of rotatable bonds is 5. The Balaban J connectivity index is 2.96. The summed E-state index contributed by atoms with van der Waals surface area (Å²) in [5.74, 6) is -0.205. The van der Waals surface area contributed by atoms with Gasteiger partial charge in [0.2, 0.25) is 0 Å². The lowest BCUT2D eigenvalue weighted by Crippen LogP contribution is -2.30. The number of halogens is 1. The number of nitrogens with two attached hydrogens (primary N) is 1. The van der Waals surface area contributed by atoms with Gasteiger partial charge in [-0.15, -0.1) is 0 Å². The van der Waals surface area contributed by atoms with Crippen LogP contribution in [0.2, 0.25) is 0 Å². The molecule has 17 heavy (non-hydrogen) atoms. The number of thiocarbonyl (C=S) groups is 1. The van der Waals surface area contributed by atoms with Crippen molar-refractivity contribution in [2.45, 2.75) is 33.4 Å². The number of hydrogen-bond donors (Lipinski definition) is 1. The minimum atomic E-state index is -0.205. The number of benzene rings is 1. The average molecular weight is 254 g/mol. The summed E-state index contributed by atoms with van der Waals surface area (Å²) in [6.45, 7) is 7.72. The average Bonchev–Trinajstić information content (AvgIpc) is 2.27. The summed E-state index contributed by atoms with van der Waals surface area (Å²) in [5.41, 5.74) is 6.91. The van der Waals surface area contributed by atoms with Gasteiger partial charge in [-0.25, -0.2) is 4.39 Å². The number of hydrogen-bond acceptors (Lipinski definition) is 2. The smallest absolute Gasteiger partial charge is 0.127 e. The molecule has 1 rings (SSSR count). The van der Waals surface area contributed by atoms with E-state index in [0.29, 0.717) is 23.1 Å². The molecule has 0 spiro atoms. The highest BCUT2D eigenvalue weighted by atomic mass is 32.1. The van der Waals surface area contributed by atoms with E-state index in [1.807, 2.05) is 0 Å². The molecule has 0 heterocycles. The summed E-state index contributed by atoms with van der Waals surface area (Å²) in [6.07, 6.45) is 0. The second-order valence-electron chi connectivity index (χ2n) is 4.33. The largest absolute Gasteiger partial charge is 0.389 e. The highest BCUT2D eigenvalue weighted by Gasteiger charge is 2.12. The molecule has 0 radical (unpaired) electrons. The van der Waals surface area contributed by atoms with Crippen LogP contribution in [-0.2, 0) is 6.54 Å².